The van der Waals surface area contributed by atoms with E-state index < -0.39 is 0 Å². The topological polar surface area (TPSA) is 38.5 Å². The van der Waals surface area contributed by atoms with Crippen LogP contribution in [0, 0.1) is 0 Å². The van der Waals surface area contributed by atoms with Crippen molar-refractivity contribution in [1.82, 2.24) is 0 Å². The molecule has 1 atom stereocenters. The minimum Gasteiger partial charge on any atom is -0.399 e. The average Bonchev–Trinajstić information content (AvgIpc) is 2.17. The molecule has 0 aliphatic rings. The molecular formula is C11H18N2O. The maximum absolute atomic E-state index is 5.71. The van der Waals surface area contributed by atoms with E-state index in [4.69, 9.17) is 10.5 Å². The van der Waals surface area contributed by atoms with Gasteiger partial charge in [-0.15, -0.1) is 0 Å². The third kappa shape index (κ3) is 2.64. The Hall–Kier alpha value is -1.22. The molecule has 0 radical (unpaired) electrons. The summed E-state index contributed by atoms with van der Waals surface area (Å²) in [5, 5.41) is 0. The van der Waals surface area contributed by atoms with Crippen molar-refractivity contribution < 1.29 is 4.74 Å². The maximum atomic E-state index is 5.71. The van der Waals surface area contributed by atoms with Crippen molar-refractivity contribution in [2.45, 2.75) is 13.0 Å². The fraction of sp³-hybridized carbons (Fsp3) is 0.455. The third-order valence-electron chi connectivity index (χ3n) is 2.35. The molecule has 0 aliphatic carbocycles. The zero-order valence-corrected chi connectivity index (χ0v) is 9.03. The average molecular weight is 194 g/mol. The molecule has 1 rings (SSSR count). The molecule has 0 saturated carbocycles. The Morgan fingerprint density at radius 3 is 2.79 bits per heavy atom. The number of hydrogen-bond donors (Lipinski definition) is 1. The lowest BCUT2D eigenvalue weighted by atomic mass is 10.2. The van der Waals surface area contributed by atoms with E-state index in [0.29, 0.717) is 12.6 Å². The molecule has 0 bridgehead atoms. The predicted octanol–water partition coefficient (Wildman–Crippen LogP) is 1.74. The number of anilines is 2. The summed E-state index contributed by atoms with van der Waals surface area (Å²) in [6, 6.07) is 8.20. The highest BCUT2D eigenvalue weighted by molar-refractivity contribution is 5.55. The molecule has 14 heavy (non-hydrogen) atoms. The van der Waals surface area contributed by atoms with Gasteiger partial charge in [-0.2, -0.15) is 0 Å². The van der Waals surface area contributed by atoms with Gasteiger partial charge in [-0.1, -0.05) is 6.07 Å². The van der Waals surface area contributed by atoms with Crippen LogP contribution < -0.4 is 10.6 Å². The zero-order chi connectivity index (χ0) is 10.6. The smallest absolute Gasteiger partial charge is 0.0663 e. The summed E-state index contributed by atoms with van der Waals surface area (Å²) in [5.41, 5.74) is 7.62. The highest BCUT2D eigenvalue weighted by Crippen LogP contribution is 2.17. The molecular weight excluding hydrogens is 176 g/mol. The number of likely N-dealkylation sites (N-methyl/N-ethyl adjacent to an activating group) is 1. The highest BCUT2D eigenvalue weighted by Gasteiger charge is 2.09. The Morgan fingerprint density at radius 1 is 1.50 bits per heavy atom. The summed E-state index contributed by atoms with van der Waals surface area (Å²) in [6.45, 7) is 2.83. The van der Waals surface area contributed by atoms with E-state index in [0.717, 1.165) is 11.4 Å². The van der Waals surface area contributed by atoms with Crippen LogP contribution in [0.5, 0.6) is 0 Å². The minimum absolute atomic E-state index is 0.349. The van der Waals surface area contributed by atoms with E-state index in [1.807, 2.05) is 31.3 Å². The van der Waals surface area contributed by atoms with Crippen molar-refractivity contribution in [2.75, 3.05) is 31.4 Å². The Labute approximate surface area is 85.5 Å². The summed E-state index contributed by atoms with van der Waals surface area (Å²) in [4.78, 5) is 2.15. The van der Waals surface area contributed by atoms with Crippen LogP contribution >= 0.6 is 0 Å². The molecule has 3 heteroatoms. The summed E-state index contributed by atoms with van der Waals surface area (Å²) in [6.07, 6.45) is 0. The van der Waals surface area contributed by atoms with Crippen LogP contribution in [0.1, 0.15) is 6.92 Å². The first kappa shape index (κ1) is 10.9. The first-order chi connectivity index (χ1) is 6.65. The fourth-order valence-electron chi connectivity index (χ4n) is 1.35. The molecule has 0 heterocycles. The molecule has 1 unspecified atom stereocenters. The van der Waals surface area contributed by atoms with Crippen molar-refractivity contribution in [1.29, 1.82) is 0 Å². The van der Waals surface area contributed by atoms with E-state index >= 15 is 0 Å². The van der Waals surface area contributed by atoms with Gasteiger partial charge in [0.1, 0.15) is 0 Å². The maximum Gasteiger partial charge on any atom is 0.0663 e. The van der Waals surface area contributed by atoms with Crippen LogP contribution in [0.3, 0.4) is 0 Å². The van der Waals surface area contributed by atoms with Crippen LogP contribution in [0.2, 0.25) is 0 Å². The second-order valence-corrected chi connectivity index (χ2v) is 3.51. The van der Waals surface area contributed by atoms with Gasteiger partial charge in [0.25, 0.3) is 0 Å². The largest absolute Gasteiger partial charge is 0.399 e. The van der Waals surface area contributed by atoms with Gasteiger partial charge in [0, 0.05) is 31.6 Å². The Morgan fingerprint density at radius 2 is 2.21 bits per heavy atom. The summed E-state index contributed by atoms with van der Waals surface area (Å²) < 4.78 is 5.10. The van der Waals surface area contributed by atoms with Crippen LogP contribution in [-0.2, 0) is 4.74 Å². The summed E-state index contributed by atoms with van der Waals surface area (Å²) in [7, 11) is 3.75. The lowest BCUT2D eigenvalue weighted by Crippen LogP contribution is -2.32. The molecule has 0 fully saturated rings. The molecule has 1 aromatic carbocycles. The minimum atomic E-state index is 0.349. The zero-order valence-electron chi connectivity index (χ0n) is 9.03. The number of nitrogen functional groups attached to an aromatic ring is 1. The number of ether oxygens (including phenoxy) is 1. The SMILES string of the molecule is COCC(C)N(C)c1cccc(N)c1. The molecule has 0 aromatic heterocycles. The molecule has 1 aromatic rings. The van der Waals surface area contributed by atoms with Crippen molar-refractivity contribution >= 4 is 11.4 Å². The van der Waals surface area contributed by atoms with Crippen molar-refractivity contribution in [2.24, 2.45) is 0 Å². The van der Waals surface area contributed by atoms with Crippen LogP contribution in [-0.4, -0.2) is 26.8 Å². The Kier molecular flexibility index (Phi) is 3.77. The van der Waals surface area contributed by atoms with Gasteiger partial charge in [0.05, 0.1) is 6.61 Å². The van der Waals surface area contributed by atoms with Crippen molar-refractivity contribution in [3.8, 4) is 0 Å². The lowest BCUT2D eigenvalue weighted by Gasteiger charge is -2.26. The number of benzene rings is 1. The Balaban J connectivity index is 2.73. The van der Waals surface area contributed by atoms with Crippen LogP contribution in [0.15, 0.2) is 24.3 Å². The molecule has 0 aliphatic heterocycles. The molecule has 78 valence electrons. The van der Waals surface area contributed by atoms with E-state index in [1.165, 1.54) is 0 Å². The first-order valence-electron chi connectivity index (χ1n) is 4.72. The lowest BCUT2D eigenvalue weighted by molar-refractivity contribution is 0.183. The van der Waals surface area contributed by atoms with Gasteiger partial charge < -0.3 is 15.4 Å². The number of rotatable bonds is 4. The van der Waals surface area contributed by atoms with Gasteiger partial charge in [-0.25, -0.2) is 0 Å². The van der Waals surface area contributed by atoms with E-state index in [1.54, 1.807) is 7.11 Å². The van der Waals surface area contributed by atoms with E-state index in [9.17, 15) is 0 Å². The van der Waals surface area contributed by atoms with Gasteiger partial charge in [0.2, 0.25) is 0 Å². The molecule has 2 N–H and O–H groups in total. The second kappa shape index (κ2) is 4.86. The first-order valence-corrected chi connectivity index (χ1v) is 4.72. The van der Waals surface area contributed by atoms with Gasteiger partial charge in [-0.05, 0) is 25.1 Å². The van der Waals surface area contributed by atoms with Crippen molar-refractivity contribution in [3.05, 3.63) is 24.3 Å². The van der Waals surface area contributed by atoms with Crippen LogP contribution in [0.4, 0.5) is 11.4 Å². The molecule has 3 nitrogen and oxygen atoms in total. The standard InChI is InChI=1S/C11H18N2O/c1-9(8-14-3)13(2)11-6-4-5-10(12)7-11/h4-7,9H,8,12H2,1-3H3. The third-order valence-corrected chi connectivity index (χ3v) is 2.35. The molecule has 0 saturated heterocycles. The summed E-state index contributed by atoms with van der Waals surface area (Å²) in [5.74, 6) is 0. The number of nitrogens with two attached hydrogens (primary N) is 1. The number of nitrogens with zero attached hydrogens (tertiary/aromatic N) is 1. The fourth-order valence-corrected chi connectivity index (χ4v) is 1.35. The number of methoxy groups -OCH3 is 1. The van der Waals surface area contributed by atoms with Gasteiger partial charge in [-0.3, -0.25) is 0 Å². The van der Waals surface area contributed by atoms with Gasteiger partial charge >= 0.3 is 0 Å². The van der Waals surface area contributed by atoms with Crippen LogP contribution in [0.25, 0.3) is 0 Å². The summed E-state index contributed by atoms with van der Waals surface area (Å²) >= 11 is 0. The highest BCUT2D eigenvalue weighted by atomic mass is 16.5. The Bertz CT molecular complexity index is 288. The quantitative estimate of drug-likeness (QED) is 0.742. The number of hydrogen-bond acceptors (Lipinski definition) is 3. The molecule has 0 spiro atoms. The van der Waals surface area contributed by atoms with E-state index in [-0.39, 0.29) is 0 Å². The predicted molar refractivity (Wildman–Crippen MR) is 60.6 cm³/mol. The second-order valence-electron chi connectivity index (χ2n) is 3.51. The van der Waals surface area contributed by atoms with E-state index in [2.05, 4.69) is 11.8 Å². The van der Waals surface area contributed by atoms with Gasteiger partial charge in [0.15, 0.2) is 0 Å². The van der Waals surface area contributed by atoms with Crippen molar-refractivity contribution in [3.63, 3.8) is 0 Å². The molecule has 0 amide bonds. The monoisotopic (exact) mass is 194 g/mol. The normalized spacial score (nSPS) is 12.5.